The van der Waals surface area contributed by atoms with Crippen LogP contribution in [0.5, 0.6) is 5.75 Å². The highest BCUT2D eigenvalue weighted by molar-refractivity contribution is 6.00. The largest absolute Gasteiger partial charge is 0.497 e. The second-order valence-corrected chi connectivity index (χ2v) is 6.99. The first-order valence-corrected chi connectivity index (χ1v) is 9.99. The molecule has 0 aliphatic carbocycles. The number of urea groups is 1. The Morgan fingerprint density at radius 3 is 2.34 bits per heavy atom. The van der Waals surface area contributed by atoms with Gasteiger partial charge >= 0.3 is 6.03 Å². The molecule has 10 heteroatoms. The zero-order valence-corrected chi connectivity index (χ0v) is 17.6. The summed E-state index contributed by atoms with van der Waals surface area (Å²) in [6.45, 7) is 0.780. The van der Waals surface area contributed by atoms with Crippen molar-refractivity contribution in [3.8, 4) is 11.8 Å². The Balaban J connectivity index is 1.81. The number of hydrogen-bond acceptors (Lipinski definition) is 6. The molecule has 0 saturated carbocycles. The summed E-state index contributed by atoms with van der Waals surface area (Å²) in [7, 11) is 1.54. The predicted molar refractivity (Wildman–Crippen MR) is 117 cm³/mol. The summed E-state index contributed by atoms with van der Waals surface area (Å²) >= 11 is 0. The molecule has 1 aliphatic heterocycles. The Morgan fingerprint density at radius 2 is 1.75 bits per heavy atom. The van der Waals surface area contributed by atoms with Crippen LogP contribution in [0, 0.1) is 11.3 Å². The zero-order valence-electron chi connectivity index (χ0n) is 17.6. The summed E-state index contributed by atoms with van der Waals surface area (Å²) in [4.78, 5) is 41.5. The molecule has 1 saturated heterocycles. The van der Waals surface area contributed by atoms with Crippen LogP contribution in [0.3, 0.4) is 0 Å². The molecule has 166 valence electrons. The van der Waals surface area contributed by atoms with Crippen molar-refractivity contribution in [3.63, 3.8) is 0 Å². The molecule has 0 radical (unpaired) electrons. The summed E-state index contributed by atoms with van der Waals surface area (Å²) in [5.74, 6) is -0.274. The van der Waals surface area contributed by atoms with Gasteiger partial charge in [0.2, 0.25) is 0 Å². The monoisotopic (exact) mass is 436 g/mol. The lowest BCUT2D eigenvalue weighted by molar-refractivity contribution is -0.127. The quantitative estimate of drug-likeness (QED) is 0.616. The number of rotatable bonds is 6. The first-order chi connectivity index (χ1) is 15.5. The number of benzene rings is 2. The molecule has 2 aromatic carbocycles. The summed E-state index contributed by atoms with van der Waals surface area (Å²) in [5.41, 5.74) is 6.74. The molecule has 1 fully saturated rings. The highest BCUT2D eigenvalue weighted by atomic mass is 16.5. The van der Waals surface area contributed by atoms with Crippen molar-refractivity contribution in [1.82, 2.24) is 15.1 Å². The lowest BCUT2D eigenvalue weighted by atomic mass is 10.1. The first kappa shape index (κ1) is 22.6. The Labute approximate surface area is 185 Å². The topological polar surface area (TPSA) is 141 Å². The van der Waals surface area contributed by atoms with Gasteiger partial charge in [0.1, 0.15) is 5.75 Å². The normalized spacial score (nSPS) is 15.1. The average molecular weight is 436 g/mol. The highest BCUT2D eigenvalue weighted by Crippen LogP contribution is 2.21. The third-order valence-electron chi connectivity index (χ3n) is 4.97. The van der Waals surface area contributed by atoms with E-state index < -0.39 is 24.0 Å². The third kappa shape index (κ3) is 4.96. The number of nitrogens with zero attached hydrogens (tertiary/aromatic N) is 3. The standard InChI is InChI=1S/C22H24N6O4/c1-32-18-8-6-17(7-9-18)26-22(31)28-13-12-27(20(28)19(29)25-11-10-23)21(30)16-4-2-15(14-24)3-5-16/h2-9,20H,10-13,23H2,1H3,(H,25,29)(H,26,31). The molecule has 0 spiro atoms. The number of ether oxygens (including phenoxy) is 1. The molecule has 0 bridgehead atoms. The summed E-state index contributed by atoms with van der Waals surface area (Å²) in [5, 5.41) is 14.4. The van der Waals surface area contributed by atoms with Gasteiger partial charge in [-0.25, -0.2) is 4.79 Å². The molecule has 2 aromatic rings. The second kappa shape index (κ2) is 10.3. The number of amides is 4. The fourth-order valence-corrected chi connectivity index (χ4v) is 3.35. The van der Waals surface area contributed by atoms with Crippen LogP contribution in [0.4, 0.5) is 10.5 Å². The molecular weight excluding hydrogens is 412 g/mol. The molecule has 1 aliphatic rings. The molecular formula is C22H24N6O4. The maximum absolute atomic E-state index is 13.1. The van der Waals surface area contributed by atoms with E-state index in [0.29, 0.717) is 22.6 Å². The van der Waals surface area contributed by atoms with Crippen LogP contribution in [-0.2, 0) is 4.79 Å². The van der Waals surface area contributed by atoms with E-state index in [2.05, 4.69) is 10.6 Å². The van der Waals surface area contributed by atoms with Gasteiger partial charge in [-0.3, -0.25) is 14.5 Å². The minimum absolute atomic E-state index is 0.171. The van der Waals surface area contributed by atoms with Gasteiger partial charge in [0.05, 0.1) is 18.7 Å². The first-order valence-electron chi connectivity index (χ1n) is 9.99. The number of methoxy groups -OCH3 is 1. The molecule has 4 amide bonds. The van der Waals surface area contributed by atoms with E-state index in [1.54, 1.807) is 31.4 Å². The summed E-state index contributed by atoms with van der Waals surface area (Å²) in [6, 6.07) is 14.3. The number of carbonyl (C=O) groups excluding carboxylic acids is 3. The Hall–Kier alpha value is -4.10. The fraction of sp³-hybridized carbons (Fsp3) is 0.273. The SMILES string of the molecule is COc1ccc(NC(=O)N2CCN(C(=O)c3ccc(C#N)cc3)C2C(=O)NCCN)cc1. The molecule has 32 heavy (non-hydrogen) atoms. The van der Waals surface area contributed by atoms with E-state index in [0.717, 1.165) is 0 Å². The Morgan fingerprint density at radius 1 is 1.09 bits per heavy atom. The molecule has 1 heterocycles. The third-order valence-corrected chi connectivity index (χ3v) is 4.97. The van der Waals surface area contributed by atoms with Gasteiger partial charge in [0, 0.05) is 37.4 Å². The molecule has 10 nitrogen and oxygen atoms in total. The van der Waals surface area contributed by atoms with Crippen LogP contribution in [0.1, 0.15) is 15.9 Å². The van der Waals surface area contributed by atoms with Crippen LogP contribution in [0.2, 0.25) is 0 Å². The highest BCUT2D eigenvalue weighted by Gasteiger charge is 2.42. The van der Waals surface area contributed by atoms with Gasteiger partial charge in [-0.05, 0) is 48.5 Å². The lowest BCUT2D eigenvalue weighted by Crippen LogP contribution is -2.55. The van der Waals surface area contributed by atoms with E-state index in [9.17, 15) is 14.4 Å². The van der Waals surface area contributed by atoms with Crippen molar-refractivity contribution < 1.29 is 19.1 Å². The van der Waals surface area contributed by atoms with Crippen molar-refractivity contribution in [2.24, 2.45) is 5.73 Å². The number of hydrogen-bond donors (Lipinski definition) is 3. The fourth-order valence-electron chi connectivity index (χ4n) is 3.35. The minimum Gasteiger partial charge on any atom is -0.497 e. The van der Waals surface area contributed by atoms with Crippen molar-refractivity contribution in [2.45, 2.75) is 6.17 Å². The van der Waals surface area contributed by atoms with Crippen molar-refractivity contribution in [2.75, 3.05) is 38.6 Å². The van der Waals surface area contributed by atoms with Gasteiger partial charge in [-0.15, -0.1) is 0 Å². The van der Waals surface area contributed by atoms with E-state index in [4.69, 9.17) is 15.7 Å². The second-order valence-electron chi connectivity index (χ2n) is 6.99. The zero-order chi connectivity index (χ0) is 23.1. The van der Waals surface area contributed by atoms with Gasteiger partial charge in [-0.2, -0.15) is 5.26 Å². The lowest BCUT2D eigenvalue weighted by Gasteiger charge is -2.29. The Bertz CT molecular complexity index is 1020. The van der Waals surface area contributed by atoms with Gasteiger partial charge < -0.3 is 26.0 Å². The maximum Gasteiger partial charge on any atom is 0.323 e. The molecule has 1 atom stereocenters. The Kier molecular flexibility index (Phi) is 7.25. The van der Waals surface area contributed by atoms with Gasteiger partial charge in [0.15, 0.2) is 6.17 Å². The molecule has 3 rings (SSSR count). The molecule has 1 unspecified atom stereocenters. The van der Waals surface area contributed by atoms with Crippen LogP contribution in [0.15, 0.2) is 48.5 Å². The van der Waals surface area contributed by atoms with E-state index in [1.807, 2.05) is 6.07 Å². The molecule has 0 aromatic heterocycles. The predicted octanol–water partition coefficient (Wildman–Crippen LogP) is 0.958. The minimum atomic E-state index is -1.14. The van der Waals surface area contributed by atoms with E-state index in [1.165, 1.54) is 34.1 Å². The van der Waals surface area contributed by atoms with E-state index >= 15 is 0 Å². The number of nitrogens with two attached hydrogens (primary N) is 1. The smallest absolute Gasteiger partial charge is 0.323 e. The number of nitrogens with one attached hydrogen (secondary N) is 2. The summed E-state index contributed by atoms with van der Waals surface area (Å²) in [6.07, 6.45) is -1.14. The van der Waals surface area contributed by atoms with E-state index in [-0.39, 0.29) is 26.2 Å². The van der Waals surface area contributed by atoms with Crippen LogP contribution >= 0.6 is 0 Å². The summed E-state index contributed by atoms with van der Waals surface area (Å²) < 4.78 is 5.11. The maximum atomic E-state index is 13.1. The van der Waals surface area contributed by atoms with Crippen LogP contribution < -0.4 is 21.1 Å². The van der Waals surface area contributed by atoms with Crippen LogP contribution in [0.25, 0.3) is 0 Å². The van der Waals surface area contributed by atoms with Gasteiger partial charge in [0.25, 0.3) is 11.8 Å². The number of anilines is 1. The number of carbonyl (C=O) groups is 3. The van der Waals surface area contributed by atoms with Crippen LogP contribution in [-0.4, -0.2) is 67.1 Å². The average Bonchev–Trinajstić information content (AvgIpc) is 3.28. The van der Waals surface area contributed by atoms with Crippen molar-refractivity contribution in [1.29, 1.82) is 5.26 Å². The van der Waals surface area contributed by atoms with Crippen molar-refractivity contribution >= 4 is 23.5 Å². The van der Waals surface area contributed by atoms with Gasteiger partial charge in [-0.1, -0.05) is 0 Å². The van der Waals surface area contributed by atoms with Crippen molar-refractivity contribution in [3.05, 3.63) is 59.7 Å². The molecule has 4 N–H and O–H groups in total. The number of nitriles is 1.